The molecule has 0 spiro atoms. The van der Waals surface area contributed by atoms with Crippen molar-refractivity contribution in [3.63, 3.8) is 0 Å². The maximum absolute atomic E-state index is 5.70. The van der Waals surface area contributed by atoms with Gasteiger partial charge in [0.25, 0.3) is 0 Å². The van der Waals surface area contributed by atoms with E-state index < -0.39 is 0 Å². The molecule has 0 saturated carbocycles. The fraction of sp³-hybridized carbons (Fsp3) is 0.519. The number of rotatable bonds is 7. The summed E-state index contributed by atoms with van der Waals surface area (Å²) in [4.78, 5) is 16.7. The van der Waals surface area contributed by atoms with Gasteiger partial charge in [-0.15, -0.1) is 0 Å². The predicted octanol–water partition coefficient (Wildman–Crippen LogP) is 5.37. The second kappa shape index (κ2) is 10.9. The van der Waals surface area contributed by atoms with E-state index in [-0.39, 0.29) is 12.0 Å². The Morgan fingerprint density at radius 2 is 1.97 bits per heavy atom. The van der Waals surface area contributed by atoms with Gasteiger partial charge in [-0.1, -0.05) is 38.1 Å². The van der Waals surface area contributed by atoms with Crippen LogP contribution in [-0.2, 0) is 4.74 Å². The Labute approximate surface area is 193 Å². The molecule has 172 valence electrons. The summed E-state index contributed by atoms with van der Waals surface area (Å²) in [5, 5.41) is 0. The Bertz CT molecular complexity index is 980. The Kier molecular flexibility index (Phi) is 8.19. The van der Waals surface area contributed by atoms with Gasteiger partial charge in [0, 0.05) is 26.6 Å². The fourth-order valence-electron chi connectivity index (χ4n) is 4.58. The van der Waals surface area contributed by atoms with Gasteiger partial charge in [0.15, 0.2) is 0 Å². The molecule has 1 saturated heterocycles. The Morgan fingerprint density at radius 1 is 1.22 bits per heavy atom. The molecule has 1 aliphatic heterocycles. The minimum atomic E-state index is 0.261. The summed E-state index contributed by atoms with van der Waals surface area (Å²) in [6.07, 6.45) is 2.86. The number of aryl methyl sites for hydroxylation is 1. The Morgan fingerprint density at radius 3 is 2.59 bits per heavy atom. The van der Waals surface area contributed by atoms with E-state index >= 15 is 0 Å². The molecular weight excluding hydrogens is 396 g/mol. The molecule has 2 aromatic rings. The first kappa shape index (κ1) is 24.1. The highest BCUT2D eigenvalue weighted by Crippen LogP contribution is 2.34. The molecule has 3 rings (SSSR count). The van der Waals surface area contributed by atoms with Crippen molar-refractivity contribution < 1.29 is 4.74 Å². The average Bonchev–Trinajstić information content (AvgIpc) is 2.78. The van der Waals surface area contributed by atoms with E-state index in [4.69, 9.17) is 14.7 Å². The van der Waals surface area contributed by atoms with E-state index in [0.717, 1.165) is 43.4 Å². The van der Waals surface area contributed by atoms with Gasteiger partial charge in [0.1, 0.15) is 5.82 Å². The number of hydrogen-bond acceptors (Lipinski definition) is 5. The average molecular weight is 435 g/mol. The molecule has 1 unspecified atom stereocenters. The standard InChI is InChI=1S/C27H38N4O/c1-18(2)22(12-13-28-6)27(29-7)26-21(5)24(23-11-9-8-10-19(23)3)16-25(30-26)31-14-15-32-17-20(31)4/h8-11,13,16,18,20,22H,12,14-15,17H2,1-7H3/t20-,22?/m1/s1. The van der Waals surface area contributed by atoms with Crippen LogP contribution in [0, 0.1) is 25.7 Å². The molecule has 0 N–H and O–H groups in total. The maximum Gasteiger partial charge on any atom is 0.130 e. The van der Waals surface area contributed by atoms with Crippen LogP contribution in [0.1, 0.15) is 44.0 Å². The van der Waals surface area contributed by atoms with Gasteiger partial charge in [-0.05, 0) is 67.6 Å². The minimum Gasteiger partial charge on any atom is -0.377 e. The molecule has 1 fully saturated rings. The summed E-state index contributed by atoms with van der Waals surface area (Å²) in [5.41, 5.74) is 7.00. The fourth-order valence-corrected chi connectivity index (χ4v) is 4.58. The number of nitrogens with zero attached hydrogens (tertiary/aromatic N) is 4. The van der Waals surface area contributed by atoms with Crippen LogP contribution in [0.4, 0.5) is 5.82 Å². The van der Waals surface area contributed by atoms with Gasteiger partial charge < -0.3 is 14.6 Å². The lowest BCUT2D eigenvalue weighted by Gasteiger charge is -2.35. The highest BCUT2D eigenvalue weighted by molar-refractivity contribution is 6.04. The van der Waals surface area contributed by atoms with Crippen molar-refractivity contribution in [2.75, 3.05) is 38.8 Å². The third-order valence-electron chi connectivity index (χ3n) is 6.54. The molecule has 2 atom stereocenters. The zero-order chi connectivity index (χ0) is 23.3. The molecule has 0 bridgehead atoms. The SMILES string of the molecule is CN=CCC(C(=NC)c1nc(N2CCOC[C@H]2C)cc(-c2ccccc2C)c1C)C(C)C. The summed E-state index contributed by atoms with van der Waals surface area (Å²) in [6.45, 7) is 13.4. The molecular formula is C27H38N4O. The van der Waals surface area contributed by atoms with Gasteiger partial charge in [-0.25, -0.2) is 4.98 Å². The van der Waals surface area contributed by atoms with Crippen LogP contribution in [-0.4, -0.2) is 56.8 Å². The largest absolute Gasteiger partial charge is 0.377 e. The second-order valence-corrected chi connectivity index (χ2v) is 9.07. The first-order valence-corrected chi connectivity index (χ1v) is 11.7. The topological polar surface area (TPSA) is 50.1 Å². The van der Waals surface area contributed by atoms with Crippen LogP contribution < -0.4 is 4.90 Å². The van der Waals surface area contributed by atoms with Gasteiger partial charge >= 0.3 is 0 Å². The summed E-state index contributed by atoms with van der Waals surface area (Å²) < 4.78 is 5.70. The third kappa shape index (κ3) is 5.09. The smallest absolute Gasteiger partial charge is 0.130 e. The lowest BCUT2D eigenvalue weighted by Crippen LogP contribution is -2.44. The minimum absolute atomic E-state index is 0.261. The van der Waals surface area contributed by atoms with Crippen molar-refractivity contribution in [3.8, 4) is 11.1 Å². The Hall–Kier alpha value is -2.53. The van der Waals surface area contributed by atoms with Crippen molar-refractivity contribution in [2.45, 2.75) is 47.1 Å². The number of aliphatic imine (C=N–C) groups is 2. The van der Waals surface area contributed by atoms with Crippen molar-refractivity contribution >= 4 is 17.7 Å². The van der Waals surface area contributed by atoms with Gasteiger partial charge in [0.05, 0.1) is 30.7 Å². The zero-order valence-corrected chi connectivity index (χ0v) is 20.7. The van der Waals surface area contributed by atoms with Crippen LogP contribution in [0.2, 0.25) is 0 Å². The lowest BCUT2D eigenvalue weighted by molar-refractivity contribution is 0.0985. The number of anilines is 1. The van der Waals surface area contributed by atoms with Gasteiger partial charge in [0.2, 0.25) is 0 Å². The maximum atomic E-state index is 5.70. The van der Waals surface area contributed by atoms with Crippen LogP contribution >= 0.6 is 0 Å². The number of pyridine rings is 1. The third-order valence-corrected chi connectivity index (χ3v) is 6.54. The molecule has 0 amide bonds. The van der Waals surface area contributed by atoms with Crippen molar-refractivity contribution in [2.24, 2.45) is 21.8 Å². The van der Waals surface area contributed by atoms with Gasteiger partial charge in [-0.2, -0.15) is 0 Å². The Balaban J connectivity index is 2.23. The van der Waals surface area contributed by atoms with E-state index in [1.54, 1.807) is 0 Å². The van der Waals surface area contributed by atoms with E-state index in [0.29, 0.717) is 5.92 Å². The molecule has 0 aliphatic carbocycles. The van der Waals surface area contributed by atoms with Crippen molar-refractivity contribution in [3.05, 3.63) is 47.2 Å². The molecule has 1 aliphatic rings. The number of hydrogen-bond donors (Lipinski definition) is 0. The monoisotopic (exact) mass is 434 g/mol. The molecule has 1 aromatic carbocycles. The molecule has 0 radical (unpaired) electrons. The second-order valence-electron chi connectivity index (χ2n) is 9.07. The van der Waals surface area contributed by atoms with Crippen LogP contribution in [0.15, 0.2) is 40.3 Å². The van der Waals surface area contributed by atoms with Crippen molar-refractivity contribution in [1.29, 1.82) is 0 Å². The lowest BCUT2D eigenvalue weighted by atomic mass is 9.84. The highest BCUT2D eigenvalue weighted by Gasteiger charge is 2.27. The van der Waals surface area contributed by atoms with Crippen LogP contribution in [0.3, 0.4) is 0 Å². The number of aromatic nitrogens is 1. The summed E-state index contributed by atoms with van der Waals surface area (Å²) in [6, 6.07) is 11.1. The molecule has 1 aromatic heterocycles. The molecule has 5 heteroatoms. The number of ether oxygens (including phenoxy) is 1. The first-order chi connectivity index (χ1) is 15.4. The zero-order valence-electron chi connectivity index (χ0n) is 20.7. The molecule has 2 heterocycles. The van der Waals surface area contributed by atoms with Crippen molar-refractivity contribution in [1.82, 2.24) is 4.98 Å². The normalized spacial score (nSPS) is 18.6. The first-order valence-electron chi connectivity index (χ1n) is 11.7. The summed E-state index contributed by atoms with van der Waals surface area (Å²) >= 11 is 0. The van der Waals surface area contributed by atoms with E-state index in [2.05, 4.69) is 74.8 Å². The summed E-state index contributed by atoms with van der Waals surface area (Å²) in [5.74, 6) is 1.70. The molecule has 32 heavy (non-hydrogen) atoms. The quantitative estimate of drug-likeness (QED) is 0.550. The van der Waals surface area contributed by atoms with E-state index in [1.807, 2.05) is 20.3 Å². The summed E-state index contributed by atoms with van der Waals surface area (Å²) in [7, 11) is 3.73. The predicted molar refractivity (Wildman–Crippen MR) is 137 cm³/mol. The highest BCUT2D eigenvalue weighted by atomic mass is 16.5. The van der Waals surface area contributed by atoms with Crippen LogP contribution in [0.5, 0.6) is 0 Å². The number of benzene rings is 1. The van der Waals surface area contributed by atoms with E-state index in [9.17, 15) is 0 Å². The van der Waals surface area contributed by atoms with E-state index in [1.165, 1.54) is 22.3 Å². The van der Waals surface area contributed by atoms with Crippen LogP contribution in [0.25, 0.3) is 11.1 Å². The molecule has 5 nitrogen and oxygen atoms in total. The number of morpholine rings is 1. The van der Waals surface area contributed by atoms with Gasteiger partial charge in [-0.3, -0.25) is 4.99 Å².